The van der Waals surface area contributed by atoms with E-state index >= 15 is 0 Å². The molecule has 0 amide bonds. The zero-order valence-corrected chi connectivity index (χ0v) is 21.9. The minimum Gasteiger partial charge on any atom is -0.475 e. The summed E-state index contributed by atoms with van der Waals surface area (Å²) >= 11 is 0. The van der Waals surface area contributed by atoms with Crippen LogP contribution in [0.4, 0.5) is 30.7 Å². The predicted molar refractivity (Wildman–Crippen MR) is 131 cm³/mol. The summed E-state index contributed by atoms with van der Waals surface area (Å²) in [4.78, 5) is 20.2. The van der Waals surface area contributed by atoms with Crippen LogP contribution in [0, 0.1) is 5.82 Å². The van der Waals surface area contributed by atoms with Gasteiger partial charge in [0.25, 0.3) is 10.0 Å². The topological polar surface area (TPSA) is 129 Å². The maximum Gasteiger partial charge on any atom is 0.490 e. The molecule has 0 aliphatic carbocycles. The van der Waals surface area contributed by atoms with Gasteiger partial charge in [-0.05, 0) is 48.9 Å². The third kappa shape index (κ3) is 9.43. The molecule has 226 valence electrons. The molecule has 2 aromatic carbocycles. The number of benzene rings is 2. The first kappa shape index (κ1) is 33.5. The Labute approximate surface area is 228 Å². The normalized spacial score (nSPS) is 16.2. The van der Waals surface area contributed by atoms with Gasteiger partial charge in [-0.2, -0.15) is 26.3 Å². The van der Waals surface area contributed by atoms with E-state index in [4.69, 9.17) is 19.8 Å². The molecule has 1 unspecified atom stereocenters. The van der Waals surface area contributed by atoms with Crippen LogP contribution in [-0.2, 0) is 26.2 Å². The van der Waals surface area contributed by atoms with E-state index in [1.165, 1.54) is 16.1 Å². The maximum absolute atomic E-state index is 13.2. The van der Waals surface area contributed by atoms with E-state index in [1.807, 2.05) is 18.2 Å². The lowest BCUT2D eigenvalue weighted by atomic mass is 10.1. The van der Waals surface area contributed by atoms with E-state index in [9.17, 15) is 39.2 Å². The van der Waals surface area contributed by atoms with Crippen LogP contribution in [0.5, 0.6) is 0 Å². The SMILES string of the molecule is CC1CN(Cc2cccc3c2ccn3S(=O)(=O)c2ccc(F)cc2)CCN1.O=C(O)C(F)(F)F.O=C(O)C(F)(F)F. The van der Waals surface area contributed by atoms with Crippen molar-refractivity contribution in [2.75, 3.05) is 19.6 Å². The molecule has 41 heavy (non-hydrogen) atoms. The predicted octanol–water partition coefficient (Wildman–Crippen LogP) is 4.08. The fourth-order valence-corrected chi connectivity index (χ4v) is 5.02. The van der Waals surface area contributed by atoms with Crippen LogP contribution < -0.4 is 5.32 Å². The van der Waals surface area contributed by atoms with Crippen molar-refractivity contribution in [3.8, 4) is 0 Å². The Balaban J connectivity index is 0.000000349. The number of fused-ring (bicyclic) bond motifs is 1. The molecule has 1 aromatic heterocycles. The lowest BCUT2D eigenvalue weighted by Gasteiger charge is -2.32. The molecule has 0 bridgehead atoms. The molecule has 0 spiro atoms. The molecule has 1 aliphatic rings. The molecule has 2 heterocycles. The standard InChI is InChI=1S/C20H22FN3O2S.2C2HF3O2/c1-15-13-23(12-10-22-15)14-16-3-2-4-20-19(16)9-11-24(20)27(25,26)18-7-5-17(21)6-8-18;2*3-2(4,5)1(6)7/h2-9,11,15,22H,10,12-14H2,1H3;2*(H,6,7). The zero-order chi connectivity index (χ0) is 31.2. The van der Waals surface area contributed by atoms with Gasteiger partial charge in [0.1, 0.15) is 5.82 Å². The van der Waals surface area contributed by atoms with Gasteiger partial charge in [-0.1, -0.05) is 12.1 Å². The highest BCUT2D eigenvalue weighted by molar-refractivity contribution is 7.90. The van der Waals surface area contributed by atoms with Crippen molar-refractivity contribution in [1.82, 2.24) is 14.2 Å². The van der Waals surface area contributed by atoms with Crippen molar-refractivity contribution >= 4 is 32.9 Å². The summed E-state index contributed by atoms with van der Waals surface area (Å²) in [6.45, 7) is 5.83. The molecule has 9 nitrogen and oxygen atoms in total. The first-order valence-electron chi connectivity index (χ1n) is 11.5. The molecule has 1 fully saturated rings. The number of hydrogen-bond acceptors (Lipinski definition) is 6. The Morgan fingerprint density at radius 2 is 1.49 bits per heavy atom. The quantitative estimate of drug-likeness (QED) is 0.375. The summed E-state index contributed by atoms with van der Waals surface area (Å²) < 4.78 is 104. The van der Waals surface area contributed by atoms with Crippen molar-refractivity contribution in [2.24, 2.45) is 0 Å². The molecule has 0 radical (unpaired) electrons. The van der Waals surface area contributed by atoms with Gasteiger partial charge in [-0.15, -0.1) is 0 Å². The van der Waals surface area contributed by atoms with Gasteiger partial charge in [-0.3, -0.25) is 4.90 Å². The number of hydrogen-bond donors (Lipinski definition) is 3. The molecule has 1 aliphatic heterocycles. The van der Waals surface area contributed by atoms with Crippen molar-refractivity contribution in [2.45, 2.75) is 36.8 Å². The van der Waals surface area contributed by atoms with Gasteiger partial charge in [0.15, 0.2) is 0 Å². The number of aliphatic carboxylic acids is 2. The second-order valence-electron chi connectivity index (χ2n) is 8.62. The minimum atomic E-state index is -5.08. The monoisotopic (exact) mass is 615 g/mol. The minimum absolute atomic E-state index is 0.0720. The number of piperazine rings is 1. The fourth-order valence-electron chi connectivity index (χ4n) is 3.67. The van der Waals surface area contributed by atoms with Crippen LogP contribution in [-0.4, -0.2) is 77.5 Å². The zero-order valence-electron chi connectivity index (χ0n) is 21.1. The fraction of sp³-hybridized carbons (Fsp3) is 0.333. The third-order valence-corrected chi connectivity index (χ3v) is 7.19. The van der Waals surface area contributed by atoms with E-state index in [2.05, 4.69) is 17.1 Å². The summed E-state index contributed by atoms with van der Waals surface area (Å²) in [5, 5.41) is 18.6. The molecule has 3 aromatic rings. The Morgan fingerprint density at radius 3 is 1.98 bits per heavy atom. The third-order valence-electron chi connectivity index (χ3n) is 5.49. The molecule has 3 N–H and O–H groups in total. The van der Waals surface area contributed by atoms with E-state index in [1.54, 1.807) is 12.3 Å². The number of nitrogens with one attached hydrogen (secondary N) is 1. The number of alkyl halides is 6. The van der Waals surface area contributed by atoms with Crippen LogP contribution in [0.1, 0.15) is 12.5 Å². The molecule has 4 rings (SSSR count). The van der Waals surface area contributed by atoms with E-state index in [0.717, 1.165) is 49.3 Å². The van der Waals surface area contributed by atoms with Gasteiger partial charge < -0.3 is 15.5 Å². The Morgan fingerprint density at radius 1 is 0.951 bits per heavy atom. The molecular formula is C24H24F7N3O6S. The van der Waals surface area contributed by atoms with Gasteiger partial charge in [0.05, 0.1) is 10.4 Å². The molecule has 17 heteroatoms. The average molecular weight is 616 g/mol. The number of rotatable bonds is 4. The van der Waals surface area contributed by atoms with Gasteiger partial charge >= 0.3 is 24.3 Å². The largest absolute Gasteiger partial charge is 0.490 e. The first-order chi connectivity index (χ1) is 18.8. The van der Waals surface area contributed by atoms with Crippen LogP contribution in [0.3, 0.4) is 0 Å². The molecular weight excluding hydrogens is 591 g/mol. The van der Waals surface area contributed by atoms with Crippen LogP contribution in [0.25, 0.3) is 10.9 Å². The number of nitrogens with zero attached hydrogens (tertiary/aromatic N) is 2. The molecule has 1 saturated heterocycles. The summed E-state index contributed by atoms with van der Waals surface area (Å²) in [5.41, 5.74) is 1.75. The Bertz CT molecular complexity index is 1430. The highest BCUT2D eigenvalue weighted by Gasteiger charge is 2.38. The average Bonchev–Trinajstić information content (AvgIpc) is 3.30. The summed E-state index contributed by atoms with van der Waals surface area (Å²) in [7, 11) is -3.77. The smallest absolute Gasteiger partial charge is 0.475 e. The van der Waals surface area contributed by atoms with Crippen LogP contribution >= 0.6 is 0 Å². The molecule has 0 saturated carbocycles. The van der Waals surface area contributed by atoms with Crippen LogP contribution in [0.15, 0.2) is 59.6 Å². The lowest BCUT2D eigenvalue weighted by Crippen LogP contribution is -2.48. The second-order valence-corrected chi connectivity index (χ2v) is 10.4. The second kappa shape index (κ2) is 13.3. The lowest BCUT2D eigenvalue weighted by molar-refractivity contribution is -0.193. The Hall–Kier alpha value is -3.70. The number of carbonyl (C=O) groups is 2. The van der Waals surface area contributed by atoms with E-state index in [-0.39, 0.29) is 4.90 Å². The molecule has 1 atom stereocenters. The summed E-state index contributed by atoms with van der Waals surface area (Å²) in [6.07, 6.45) is -8.59. The maximum atomic E-state index is 13.2. The van der Waals surface area contributed by atoms with Crippen molar-refractivity contribution in [3.63, 3.8) is 0 Å². The summed E-state index contributed by atoms with van der Waals surface area (Å²) in [5.74, 6) is -5.97. The van der Waals surface area contributed by atoms with E-state index in [0.29, 0.717) is 11.6 Å². The van der Waals surface area contributed by atoms with Crippen molar-refractivity contribution in [3.05, 3.63) is 66.1 Å². The summed E-state index contributed by atoms with van der Waals surface area (Å²) in [6, 6.07) is 12.9. The number of carboxylic acids is 2. The first-order valence-corrected chi connectivity index (χ1v) is 12.9. The van der Waals surface area contributed by atoms with Gasteiger partial charge in [0.2, 0.25) is 0 Å². The van der Waals surface area contributed by atoms with E-state index < -0.39 is 40.1 Å². The number of halogens is 7. The van der Waals surface area contributed by atoms with Gasteiger partial charge in [0, 0.05) is 43.8 Å². The van der Waals surface area contributed by atoms with Crippen molar-refractivity contribution in [1.29, 1.82) is 0 Å². The highest BCUT2D eigenvalue weighted by Crippen LogP contribution is 2.26. The van der Waals surface area contributed by atoms with Gasteiger partial charge in [-0.25, -0.2) is 26.4 Å². The Kier molecular flexibility index (Phi) is 10.9. The highest BCUT2D eigenvalue weighted by atomic mass is 32.2. The number of carboxylic acid groups (broad SMARTS) is 2. The number of aromatic nitrogens is 1. The van der Waals surface area contributed by atoms with Crippen LogP contribution in [0.2, 0.25) is 0 Å². The van der Waals surface area contributed by atoms with Crippen molar-refractivity contribution < 1.29 is 59.0 Å².